The Morgan fingerprint density at radius 3 is 2.47 bits per heavy atom. The van der Waals surface area contributed by atoms with E-state index in [4.69, 9.17) is 5.11 Å². The highest BCUT2D eigenvalue weighted by Gasteiger charge is 2.05. The van der Waals surface area contributed by atoms with E-state index in [2.05, 4.69) is 26.1 Å². The van der Waals surface area contributed by atoms with Gasteiger partial charge in [-0.15, -0.1) is 0 Å². The molecule has 0 aliphatic heterocycles. The van der Waals surface area contributed by atoms with E-state index >= 15 is 0 Å². The monoisotopic (exact) mass is 215 g/mol. The zero-order chi connectivity index (χ0) is 11.7. The summed E-state index contributed by atoms with van der Waals surface area (Å²) in [6, 6.07) is 0. The zero-order valence-electron chi connectivity index (χ0n) is 10.3. The van der Waals surface area contributed by atoms with Gasteiger partial charge in [-0.2, -0.15) is 0 Å². The molecule has 0 aromatic carbocycles. The molecule has 2 unspecified atom stereocenters. The minimum absolute atomic E-state index is 0.298. The number of rotatable bonds is 9. The Bertz CT molecular complexity index is 171. The molecular weight excluding hydrogens is 190 g/mol. The van der Waals surface area contributed by atoms with Crippen LogP contribution in [0, 0.1) is 11.8 Å². The molecule has 2 atom stereocenters. The third-order valence-electron chi connectivity index (χ3n) is 2.85. The molecule has 90 valence electrons. The maximum Gasteiger partial charge on any atom is 0.303 e. The van der Waals surface area contributed by atoms with Crippen molar-refractivity contribution in [1.82, 2.24) is 5.32 Å². The molecule has 0 radical (unpaired) electrons. The first kappa shape index (κ1) is 14.4. The first-order valence-corrected chi connectivity index (χ1v) is 5.98. The molecule has 2 N–H and O–H groups in total. The number of nitrogens with one attached hydrogen (secondary N) is 1. The summed E-state index contributed by atoms with van der Waals surface area (Å²) in [7, 11) is 0. The molecule has 0 heterocycles. The summed E-state index contributed by atoms with van der Waals surface area (Å²) >= 11 is 0. The van der Waals surface area contributed by atoms with E-state index in [-0.39, 0.29) is 0 Å². The van der Waals surface area contributed by atoms with Crippen LogP contribution in [0.5, 0.6) is 0 Å². The van der Waals surface area contributed by atoms with Crippen molar-refractivity contribution in [3.05, 3.63) is 0 Å². The molecule has 0 bridgehead atoms. The first-order chi connectivity index (χ1) is 7.06. The molecule has 0 spiro atoms. The van der Waals surface area contributed by atoms with Crippen LogP contribution in [-0.4, -0.2) is 24.2 Å². The van der Waals surface area contributed by atoms with Gasteiger partial charge in [-0.1, -0.05) is 27.2 Å². The Balaban J connectivity index is 3.31. The lowest BCUT2D eigenvalue weighted by atomic mass is 10.0. The van der Waals surface area contributed by atoms with Crippen molar-refractivity contribution < 1.29 is 9.90 Å². The van der Waals surface area contributed by atoms with Crippen LogP contribution in [0.2, 0.25) is 0 Å². The van der Waals surface area contributed by atoms with Crippen molar-refractivity contribution in [2.24, 2.45) is 11.8 Å². The summed E-state index contributed by atoms with van der Waals surface area (Å²) in [4.78, 5) is 10.3. The van der Waals surface area contributed by atoms with E-state index in [1.165, 1.54) is 6.42 Å². The fourth-order valence-corrected chi connectivity index (χ4v) is 1.36. The van der Waals surface area contributed by atoms with Gasteiger partial charge in [0.15, 0.2) is 0 Å². The predicted molar refractivity (Wildman–Crippen MR) is 63.0 cm³/mol. The fraction of sp³-hybridized carbons (Fsp3) is 0.917. The number of carboxylic acid groups (broad SMARTS) is 1. The van der Waals surface area contributed by atoms with Crippen molar-refractivity contribution >= 4 is 5.97 Å². The lowest BCUT2D eigenvalue weighted by Gasteiger charge is -2.13. The standard InChI is InChI=1S/C12H25NO2/c1-4-10(2)9-13-8-7-11(3)5-6-12(14)15/h10-11,13H,4-9H2,1-3H3,(H,14,15). The van der Waals surface area contributed by atoms with Gasteiger partial charge in [0.1, 0.15) is 0 Å². The van der Waals surface area contributed by atoms with Gasteiger partial charge in [0.2, 0.25) is 0 Å². The van der Waals surface area contributed by atoms with Gasteiger partial charge in [0, 0.05) is 6.42 Å². The second-order valence-corrected chi connectivity index (χ2v) is 4.54. The van der Waals surface area contributed by atoms with Crippen LogP contribution < -0.4 is 5.32 Å². The van der Waals surface area contributed by atoms with Crippen molar-refractivity contribution in [3.63, 3.8) is 0 Å². The van der Waals surface area contributed by atoms with Gasteiger partial charge >= 0.3 is 5.97 Å². The number of hydrogen-bond donors (Lipinski definition) is 2. The highest BCUT2D eigenvalue weighted by molar-refractivity contribution is 5.66. The number of carboxylic acids is 1. The van der Waals surface area contributed by atoms with Gasteiger partial charge in [0.05, 0.1) is 0 Å². The Morgan fingerprint density at radius 2 is 1.93 bits per heavy atom. The maximum atomic E-state index is 10.3. The van der Waals surface area contributed by atoms with E-state index in [0.717, 1.165) is 31.8 Å². The van der Waals surface area contributed by atoms with Crippen LogP contribution in [0.25, 0.3) is 0 Å². The SMILES string of the molecule is CCC(C)CNCCC(C)CCC(=O)O. The minimum Gasteiger partial charge on any atom is -0.481 e. The van der Waals surface area contributed by atoms with Gasteiger partial charge in [0.25, 0.3) is 0 Å². The summed E-state index contributed by atoms with van der Waals surface area (Å²) in [6.45, 7) is 8.63. The molecule has 0 fully saturated rings. The van der Waals surface area contributed by atoms with Gasteiger partial charge in [-0.05, 0) is 37.8 Å². The van der Waals surface area contributed by atoms with Gasteiger partial charge < -0.3 is 10.4 Å². The normalized spacial score (nSPS) is 14.9. The van der Waals surface area contributed by atoms with Gasteiger partial charge in [-0.3, -0.25) is 4.79 Å². The van der Waals surface area contributed by atoms with E-state index in [1.807, 2.05) is 0 Å². The van der Waals surface area contributed by atoms with Crippen LogP contribution in [0.3, 0.4) is 0 Å². The Labute approximate surface area is 93.3 Å². The van der Waals surface area contributed by atoms with Crippen LogP contribution in [0.1, 0.15) is 46.5 Å². The third kappa shape index (κ3) is 9.73. The number of aliphatic carboxylic acids is 1. The molecule has 0 amide bonds. The van der Waals surface area contributed by atoms with Crippen molar-refractivity contribution in [3.8, 4) is 0 Å². The van der Waals surface area contributed by atoms with Crippen LogP contribution in [-0.2, 0) is 4.79 Å². The highest BCUT2D eigenvalue weighted by Crippen LogP contribution is 2.09. The Hall–Kier alpha value is -0.570. The smallest absolute Gasteiger partial charge is 0.303 e. The summed E-state index contributed by atoms with van der Waals surface area (Å²) in [5, 5.41) is 11.9. The quantitative estimate of drug-likeness (QED) is 0.581. The Morgan fingerprint density at radius 1 is 1.27 bits per heavy atom. The van der Waals surface area contributed by atoms with Gasteiger partial charge in [-0.25, -0.2) is 0 Å². The van der Waals surface area contributed by atoms with E-state index in [0.29, 0.717) is 12.3 Å². The third-order valence-corrected chi connectivity index (χ3v) is 2.85. The Kier molecular flexibility index (Phi) is 8.38. The molecule has 0 aromatic rings. The molecule has 0 saturated heterocycles. The zero-order valence-corrected chi connectivity index (χ0v) is 10.3. The molecule has 15 heavy (non-hydrogen) atoms. The number of hydrogen-bond acceptors (Lipinski definition) is 2. The molecule has 0 aromatic heterocycles. The van der Waals surface area contributed by atoms with E-state index in [1.54, 1.807) is 0 Å². The molecule has 3 nitrogen and oxygen atoms in total. The van der Waals surface area contributed by atoms with Crippen molar-refractivity contribution in [1.29, 1.82) is 0 Å². The summed E-state index contributed by atoms with van der Waals surface area (Å²) < 4.78 is 0. The lowest BCUT2D eigenvalue weighted by molar-refractivity contribution is -0.137. The molecule has 0 aliphatic rings. The molecule has 0 aliphatic carbocycles. The fourth-order valence-electron chi connectivity index (χ4n) is 1.36. The molecule has 0 saturated carbocycles. The average Bonchev–Trinajstić information content (AvgIpc) is 2.21. The highest BCUT2D eigenvalue weighted by atomic mass is 16.4. The summed E-state index contributed by atoms with van der Waals surface area (Å²) in [5.41, 5.74) is 0. The summed E-state index contributed by atoms with van der Waals surface area (Å²) in [5.74, 6) is 0.555. The molecule has 0 rings (SSSR count). The topological polar surface area (TPSA) is 49.3 Å². The maximum absolute atomic E-state index is 10.3. The minimum atomic E-state index is -0.686. The lowest BCUT2D eigenvalue weighted by Crippen LogP contribution is -2.23. The van der Waals surface area contributed by atoms with Crippen LogP contribution >= 0.6 is 0 Å². The predicted octanol–water partition coefficient (Wildman–Crippen LogP) is 2.51. The second-order valence-electron chi connectivity index (χ2n) is 4.54. The average molecular weight is 215 g/mol. The first-order valence-electron chi connectivity index (χ1n) is 5.98. The summed E-state index contributed by atoms with van der Waals surface area (Å²) in [6.07, 6.45) is 3.37. The van der Waals surface area contributed by atoms with Crippen molar-refractivity contribution in [2.45, 2.75) is 46.5 Å². The number of carbonyl (C=O) groups is 1. The largest absolute Gasteiger partial charge is 0.481 e. The molecular formula is C12H25NO2. The van der Waals surface area contributed by atoms with Crippen LogP contribution in [0.4, 0.5) is 0 Å². The van der Waals surface area contributed by atoms with E-state index in [9.17, 15) is 4.79 Å². The second kappa shape index (κ2) is 8.72. The molecule has 3 heteroatoms. The van der Waals surface area contributed by atoms with Crippen molar-refractivity contribution in [2.75, 3.05) is 13.1 Å². The van der Waals surface area contributed by atoms with E-state index < -0.39 is 5.97 Å². The van der Waals surface area contributed by atoms with Crippen LogP contribution in [0.15, 0.2) is 0 Å².